The summed E-state index contributed by atoms with van der Waals surface area (Å²) < 4.78 is 7.71. The average Bonchev–Trinajstić information content (AvgIpc) is 2.55. The molecule has 1 nitrogen and oxygen atoms in total. The fraction of sp³-hybridized carbons (Fsp3) is 0.524. The zero-order valence-electron chi connectivity index (χ0n) is 14.2. The van der Waals surface area contributed by atoms with Gasteiger partial charge in [0.1, 0.15) is 0 Å². The normalized spacial score (nSPS) is 30.7. The standard InChI is InChI=1S/C21H26OSe/c1-4-15-22-20-18(23-17-10-6-5-7-11-17)12-14-21(3)13-8-9-16(2)19(20)21/h1,5-7,10-11,18,20H,8-9,12-15H2,2-3H3/t18-,20-,21-/m1/s1. The van der Waals surface area contributed by atoms with Crippen molar-refractivity contribution >= 4 is 19.4 Å². The van der Waals surface area contributed by atoms with Gasteiger partial charge in [-0.05, 0) is 0 Å². The SMILES string of the molecule is C#CCO[C@H]1C2=C(C)CCC[C@]2(C)CC[C@H]1[Se]c1ccccc1. The number of benzene rings is 1. The molecular weight excluding hydrogens is 347 g/mol. The third-order valence-corrected chi connectivity index (χ3v) is 8.16. The summed E-state index contributed by atoms with van der Waals surface area (Å²) in [6.45, 7) is 5.19. The number of hydrogen-bond acceptors (Lipinski definition) is 1. The van der Waals surface area contributed by atoms with Crippen molar-refractivity contribution < 1.29 is 4.74 Å². The second-order valence-electron chi connectivity index (χ2n) is 7.05. The van der Waals surface area contributed by atoms with E-state index in [4.69, 9.17) is 11.2 Å². The van der Waals surface area contributed by atoms with Crippen molar-refractivity contribution in [3.8, 4) is 12.3 Å². The Morgan fingerprint density at radius 2 is 2.09 bits per heavy atom. The number of rotatable bonds is 4. The maximum absolute atomic E-state index is 6.24. The second kappa shape index (κ2) is 7.27. The summed E-state index contributed by atoms with van der Waals surface area (Å²) in [5, 5.41) is 0. The van der Waals surface area contributed by atoms with Crippen LogP contribution in [-0.2, 0) is 4.74 Å². The molecule has 0 amide bonds. The van der Waals surface area contributed by atoms with E-state index in [0.29, 0.717) is 31.8 Å². The van der Waals surface area contributed by atoms with E-state index in [1.54, 1.807) is 11.1 Å². The van der Waals surface area contributed by atoms with Gasteiger partial charge in [-0.25, -0.2) is 0 Å². The first-order chi connectivity index (χ1) is 11.1. The van der Waals surface area contributed by atoms with Gasteiger partial charge in [-0.1, -0.05) is 0 Å². The van der Waals surface area contributed by atoms with Gasteiger partial charge >= 0.3 is 147 Å². The van der Waals surface area contributed by atoms with E-state index < -0.39 is 0 Å². The molecule has 3 rings (SSSR count). The van der Waals surface area contributed by atoms with Crippen LogP contribution in [-0.4, -0.2) is 27.7 Å². The topological polar surface area (TPSA) is 9.23 Å². The summed E-state index contributed by atoms with van der Waals surface area (Å²) >= 11 is 0.437. The third kappa shape index (κ3) is 3.58. The molecule has 0 bridgehead atoms. The minimum atomic E-state index is 0.227. The van der Waals surface area contributed by atoms with Gasteiger partial charge in [-0.2, -0.15) is 0 Å². The minimum absolute atomic E-state index is 0.227. The van der Waals surface area contributed by atoms with Crippen LogP contribution in [0.1, 0.15) is 46.0 Å². The molecule has 1 saturated carbocycles. The molecule has 1 fully saturated rings. The first-order valence-electron chi connectivity index (χ1n) is 8.61. The Balaban J connectivity index is 1.89. The zero-order valence-corrected chi connectivity index (χ0v) is 15.9. The fourth-order valence-electron chi connectivity index (χ4n) is 4.30. The van der Waals surface area contributed by atoms with Crippen molar-refractivity contribution in [3.63, 3.8) is 0 Å². The number of terminal acetylenes is 1. The van der Waals surface area contributed by atoms with Crippen molar-refractivity contribution in [2.75, 3.05) is 6.61 Å². The van der Waals surface area contributed by atoms with Gasteiger partial charge in [0.15, 0.2) is 0 Å². The molecule has 0 aliphatic heterocycles. The zero-order chi connectivity index (χ0) is 16.3. The van der Waals surface area contributed by atoms with Gasteiger partial charge in [0.25, 0.3) is 0 Å². The Morgan fingerprint density at radius 3 is 2.83 bits per heavy atom. The monoisotopic (exact) mass is 374 g/mol. The first kappa shape index (κ1) is 16.8. The van der Waals surface area contributed by atoms with E-state index in [2.05, 4.69) is 50.1 Å². The van der Waals surface area contributed by atoms with Gasteiger partial charge in [-0.3, -0.25) is 0 Å². The van der Waals surface area contributed by atoms with Gasteiger partial charge in [0.05, 0.1) is 0 Å². The van der Waals surface area contributed by atoms with Gasteiger partial charge < -0.3 is 0 Å². The van der Waals surface area contributed by atoms with Crippen LogP contribution in [0.3, 0.4) is 0 Å². The number of ether oxygens (including phenoxy) is 1. The molecule has 0 saturated heterocycles. The Kier molecular flexibility index (Phi) is 5.32. The third-order valence-electron chi connectivity index (χ3n) is 5.37. The van der Waals surface area contributed by atoms with Crippen LogP contribution in [0.15, 0.2) is 41.5 Å². The van der Waals surface area contributed by atoms with Crippen molar-refractivity contribution in [1.29, 1.82) is 0 Å². The Morgan fingerprint density at radius 1 is 1.30 bits per heavy atom. The molecule has 122 valence electrons. The van der Waals surface area contributed by atoms with E-state index in [1.165, 1.54) is 36.6 Å². The van der Waals surface area contributed by atoms with E-state index in [1.807, 2.05) is 0 Å². The molecule has 0 aromatic heterocycles. The number of allylic oxidation sites excluding steroid dienone is 1. The average molecular weight is 373 g/mol. The Labute approximate surface area is 147 Å². The summed E-state index contributed by atoms with van der Waals surface area (Å²) in [7, 11) is 0. The summed E-state index contributed by atoms with van der Waals surface area (Å²) in [5.74, 6) is 2.68. The molecule has 2 aliphatic carbocycles. The summed E-state index contributed by atoms with van der Waals surface area (Å²) in [6.07, 6.45) is 12.1. The summed E-state index contributed by atoms with van der Waals surface area (Å²) in [6, 6.07) is 10.9. The second-order valence-corrected chi connectivity index (χ2v) is 9.81. The van der Waals surface area contributed by atoms with Crippen LogP contribution in [0.4, 0.5) is 0 Å². The predicted molar refractivity (Wildman–Crippen MR) is 98.0 cm³/mol. The molecule has 0 heterocycles. The van der Waals surface area contributed by atoms with Gasteiger partial charge in [0, 0.05) is 0 Å². The van der Waals surface area contributed by atoms with Crippen LogP contribution in [0, 0.1) is 17.8 Å². The Hall–Kier alpha value is -1.00. The number of hydrogen-bond donors (Lipinski definition) is 0. The molecule has 1 aromatic carbocycles. The van der Waals surface area contributed by atoms with Crippen LogP contribution < -0.4 is 4.46 Å². The van der Waals surface area contributed by atoms with Crippen molar-refractivity contribution in [2.45, 2.75) is 56.9 Å². The van der Waals surface area contributed by atoms with Crippen molar-refractivity contribution in [2.24, 2.45) is 5.41 Å². The molecule has 3 atom stereocenters. The van der Waals surface area contributed by atoms with Gasteiger partial charge in [0.2, 0.25) is 0 Å². The summed E-state index contributed by atoms with van der Waals surface area (Å²) in [4.78, 5) is 0.606. The van der Waals surface area contributed by atoms with Crippen LogP contribution >= 0.6 is 0 Å². The molecule has 0 N–H and O–H groups in total. The Bertz CT molecular complexity index is 612. The quantitative estimate of drug-likeness (QED) is 0.438. The molecule has 2 aliphatic rings. The van der Waals surface area contributed by atoms with E-state index in [0.717, 1.165) is 0 Å². The van der Waals surface area contributed by atoms with Crippen LogP contribution in [0.5, 0.6) is 0 Å². The number of fused-ring (bicyclic) bond motifs is 1. The summed E-state index contributed by atoms with van der Waals surface area (Å²) in [5.41, 5.74) is 3.49. The van der Waals surface area contributed by atoms with Crippen LogP contribution in [0.2, 0.25) is 4.82 Å². The molecule has 23 heavy (non-hydrogen) atoms. The molecule has 2 heteroatoms. The fourth-order valence-corrected chi connectivity index (χ4v) is 6.89. The van der Waals surface area contributed by atoms with Crippen molar-refractivity contribution in [1.82, 2.24) is 0 Å². The maximum atomic E-state index is 6.24. The first-order valence-corrected chi connectivity index (χ1v) is 10.5. The van der Waals surface area contributed by atoms with Crippen LogP contribution in [0.25, 0.3) is 0 Å². The molecule has 0 radical (unpaired) electrons. The predicted octanol–water partition coefficient (Wildman–Crippen LogP) is 4.12. The molecule has 0 unspecified atom stereocenters. The molecule has 0 spiro atoms. The molecule has 1 aromatic rings. The van der Waals surface area contributed by atoms with E-state index in [9.17, 15) is 0 Å². The molecular formula is C21H26OSe. The van der Waals surface area contributed by atoms with Gasteiger partial charge in [-0.15, -0.1) is 0 Å². The van der Waals surface area contributed by atoms with Crippen molar-refractivity contribution in [3.05, 3.63) is 41.5 Å². The van der Waals surface area contributed by atoms with E-state index in [-0.39, 0.29) is 6.10 Å². The van der Waals surface area contributed by atoms with E-state index >= 15 is 0 Å².